The van der Waals surface area contributed by atoms with Crippen molar-refractivity contribution < 1.29 is 4.79 Å². The molecule has 0 bridgehead atoms. The molecule has 1 unspecified atom stereocenters. The van der Waals surface area contributed by atoms with Crippen LogP contribution in [-0.4, -0.2) is 10.1 Å². The first-order chi connectivity index (χ1) is 4.04. The van der Waals surface area contributed by atoms with Gasteiger partial charge < -0.3 is 0 Å². The zero-order valence-electron chi connectivity index (χ0n) is 5.53. The van der Waals surface area contributed by atoms with Crippen molar-refractivity contribution >= 4 is 33.3 Å². The third-order valence-electron chi connectivity index (χ3n) is 0.853. The smallest absolute Gasteiger partial charge is 0.161 e. The third kappa shape index (κ3) is 4.91. The minimum Gasteiger partial charge on any atom is -0.297 e. The topological polar surface area (TPSA) is 17.1 Å². The van der Waals surface area contributed by atoms with E-state index < -0.39 is 4.29 Å². The minimum atomic E-state index is -0.500. The van der Waals surface area contributed by atoms with Crippen LogP contribution in [0.25, 0.3) is 0 Å². The second-order valence-electron chi connectivity index (χ2n) is 2.36. The molecule has 0 saturated heterocycles. The number of Topliss-reactive ketones (excluding diaryl/α,β-unsaturated/α-hetero) is 1. The van der Waals surface area contributed by atoms with Gasteiger partial charge >= 0.3 is 0 Å². The first-order valence-corrected chi connectivity index (χ1v) is 4.20. The molecule has 0 heterocycles. The molecule has 0 aromatic carbocycles. The number of halogens is 2. The van der Waals surface area contributed by atoms with Gasteiger partial charge in [0.2, 0.25) is 0 Å². The molecule has 0 N–H and O–H groups in total. The van der Waals surface area contributed by atoms with Crippen molar-refractivity contribution in [3.05, 3.63) is 0 Å². The van der Waals surface area contributed by atoms with Gasteiger partial charge in [0, 0.05) is 6.42 Å². The summed E-state index contributed by atoms with van der Waals surface area (Å²) < 4.78 is -0.500. The highest BCUT2D eigenvalue weighted by Gasteiger charge is 2.11. The van der Waals surface area contributed by atoms with Gasteiger partial charge in [-0.1, -0.05) is 29.8 Å². The molecule has 0 spiro atoms. The van der Waals surface area contributed by atoms with Crippen molar-refractivity contribution in [2.45, 2.75) is 24.6 Å². The summed E-state index contributed by atoms with van der Waals surface area (Å²) in [6.45, 7) is 3.98. The Morgan fingerprint density at radius 2 is 2.11 bits per heavy atom. The van der Waals surface area contributed by atoms with E-state index in [1.54, 1.807) is 0 Å². The fraction of sp³-hybridized carbons (Fsp3) is 0.833. The Hall–Kier alpha value is 0.440. The van der Waals surface area contributed by atoms with Gasteiger partial charge in [-0.3, -0.25) is 4.79 Å². The number of rotatable bonds is 3. The Balaban J connectivity index is 3.51. The number of alkyl halides is 2. The van der Waals surface area contributed by atoms with E-state index in [0.29, 0.717) is 12.3 Å². The number of hydrogen-bond acceptors (Lipinski definition) is 1. The summed E-state index contributed by atoms with van der Waals surface area (Å²) in [5, 5.41) is 0. The van der Waals surface area contributed by atoms with Crippen molar-refractivity contribution in [3.8, 4) is 0 Å². The molecule has 3 heteroatoms. The van der Waals surface area contributed by atoms with E-state index in [1.807, 2.05) is 13.8 Å². The van der Waals surface area contributed by atoms with Crippen molar-refractivity contribution in [1.82, 2.24) is 0 Å². The van der Waals surface area contributed by atoms with E-state index in [4.69, 9.17) is 11.6 Å². The van der Waals surface area contributed by atoms with Crippen LogP contribution in [0.15, 0.2) is 0 Å². The lowest BCUT2D eigenvalue weighted by molar-refractivity contribution is -0.117. The normalized spacial score (nSPS) is 13.9. The molecule has 0 aliphatic heterocycles. The van der Waals surface area contributed by atoms with Crippen LogP contribution in [0.2, 0.25) is 0 Å². The Labute approximate surface area is 68.9 Å². The van der Waals surface area contributed by atoms with Gasteiger partial charge in [-0.25, -0.2) is 0 Å². The summed E-state index contributed by atoms with van der Waals surface area (Å²) in [6.07, 6.45) is 0.555. The maximum Gasteiger partial charge on any atom is 0.161 e. The van der Waals surface area contributed by atoms with Gasteiger partial charge in [-0.15, -0.1) is 11.6 Å². The summed E-state index contributed by atoms with van der Waals surface area (Å²) in [4.78, 5) is 10.8. The van der Waals surface area contributed by atoms with Crippen LogP contribution in [-0.2, 0) is 4.79 Å². The molecule has 9 heavy (non-hydrogen) atoms. The van der Waals surface area contributed by atoms with Crippen LogP contribution < -0.4 is 0 Å². The molecule has 0 radical (unpaired) electrons. The van der Waals surface area contributed by atoms with Gasteiger partial charge in [0.25, 0.3) is 0 Å². The molecular formula is C6H10BrClO. The van der Waals surface area contributed by atoms with Gasteiger partial charge in [-0.05, 0) is 5.92 Å². The molecule has 0 amide bonds. The lowest BCUT2D eigenvalue weighted by Gasteiger charge is -2.02. The maximum atomic E-state index is 10.8. The number of ketones is 1. The lowest BCUT2D eigenvalue weighted by Crippen LogP contribution is -2.09. The zero-order chi connectivity index (χ0) is 7.44. The van der Waals surface area contributed by atoms with Crippen LogP contribution in [0.1, 0.15) is 20.3 Å². The molecule has 0 aromatic rings. The first kappa shape index (κ1) is 9.44. The van der Waals surface area contributed by atoms with E-state index in [1.165, 1.54) is 0 Å². The van der Waals surface area contributed by atoms with E-state index in [2.05, 4.69) is 15.9 Å². The molecular weight excluding hydrogens is 203 g/mol. The largest absolute Gasteiger partial charge is 0.297 e. The fourth-order valence-corrected chi connectivity index (χ4v) is 0.767. The maximum absolute atomic E-state index is 10.8. The lowest BCUT2D eigenvalue weighted by atomic mass is 10.1. The van der Waals surface area contributed by atoms with Gasteiger partial charge in [0.05, 0.1) is 0 Å². The SMILES string of the molecule is CC(C)CC(=O)C(Cl)Br. The third-order valence-corrected chi connectivity index (χ3v) is 1.61. The van der Waals surface area contributed by atoms with Crippen molar-refractivity contribution in [3.63, 3.8) is 0 Å². The van der Waals surface area contributed by atoms with E-state index in [0.717, 1.165) is 0 Å². The fourth-order valence-electron chi connectivity index (χ4n) is 0.491. The van der Waals surface area contributed by atoms with Gasteiger partial charge in [-0.2, -0.15) is 0 Å². The summed E-state index contributed by atoms with van der Waals surface area (Å²) in [6, 6.07) is 0. The molecule has 54 valence electrons. The summed E-state index contributed by atoms with van der Waals surface area (Å²) in [7, 11) is 0. The molecule has 1 atom stereocenters. The molecule has 0 rings (SSSR count). The second-order valence-corrected chi connectivity index (χ2v) is 4.24. The van der Waals surface area contributed by atoms with E-state index in [-0.39, 0.29) is 5.78 Å². The molecule has 0 aromatic heterocycles. The quantitative estimate of drug-likeness (QED) is 0.659. The van der Waals surface area contributed by atoms with Crippen LogP contribution >= 0.6 is 27.5 Å². The van der Waals surface area contributed by atoms with Crippen LogP contribution in [0, 0.1) is 5.92 Å². The van der Waals surface area contributed by atoms with Crippen LogP contribution in [0.4, 0.5) is 0 Å². The van der Waals surface area contributed by atoms with Gasteiger partial charge in [0.15, 0.2) is 5.78 Å². The minimum absolute atomic E-state index is 0.0617. The molecule has 0 saturated carbocycles. The molecule has 1 nitrogen and oxygen atoms in total. The zero-order valence-corrected chi connectivity index (χ0v) is 7.87. The number of carbonyl (C=O) groups excluding carboxylic acids is 1. The van der Waals surface area contributed by atoms with Crippen molar-refractivity contribution in [2.24, 2.45) is 5.92 Å². The average molecular weight is 214 g/mol. The Morgan fingerprint density at radius 1 is 1.67 bits per heavy atom. The summed E-state index contributed by atoms with van der Waals surface area (Å²) in [5.74, 6) is 0.461. The van der Waals surface area contributed by atoms with Gasteiger partial charge in [0.1, 0.15) is 4.29 Å². The summed E-state index contributed by atoms with van der Waals surface area (Å²) in [5.41, 5.74) is 0. The molecule has 0 aliphatic rings. The predicted molar refractivity (Wildman–Crippen MR) is 43.0 cm³/mol. The average Bonchev–Trinajstić information content (AvgIpc) is 1.63. The Morgan fingerprint density at radius 3 is 2.22 bits per heavy atom. The molecule has 0 aliphatic carbocycles. The molecule has 0 fully saturated rings. The number of carbonyl (C=O) groups is 1. The monoisotopic (exact) mass is 212 g/mol. The second kappa shape index (κ2) is 4.29. The Bertz CT molecular complexity index is 101. The van der Waals surface area contributed by atoms with Crippen molar-refractivity contribution in [1.29, 1.82) is 0 Å². The number of hydrogen-bond donors (Lipinski definition) is 0. The standard InChI is InChI=1S/C6H10BrClO/c1-4(2)3-5(9)6(7)8/h4,6H,3H2,1-2H3. The van der Waals surface area contributed by atoms with Crippen LogP contribution in [0.5, 0.6) is 0 Å². The van der Waals surface area contributed by atoms with E-state index >= 15 is 0 Å². The van der Waals surface area contributed by atoms with Crippen LogP contribution in [0.3, 0.4) is 0 Å². The van der Waals surface area contributed by atoms with Crippen molar-refractivity contribution in [2.75, 3.05) is 0 Å². The highest BCUT2D eigenvalue weighted by molar-refractivity contribution is 9.10. The predicted octanol–water partition coefficient (Wildman–Crippen LogP) is 2.56. The highest BCUT2D eigenvalue weighted by atomic mass is 79.9. The van der Waals surface area contributed by atoms with E-state index in [9.17, 15) is 4.79 Å². The Kier molecular flexibility index (Phi) is 4.50. The first-order valence-electron chi connectivity index (χ1n) is 2.85. The summed E-state index contributed by atoms with van der Waals surface area (Å²) >= 11 is 8.42. The highest BCUT2D eigenvalue weighted by Crippen LogP contribution is 2.12.